The molecule has 0 spiro atoms. The Kier molecular flexibility index (Phi) is 9.53. The molecule has 0 bridgehead atoms. The number of hydrogen-bond donors (Lipinski definition) is 1. The van der Waals surface area contributed by atoms with Crippen molar-refractivity contribution in [3.8, 4) is 5.75 Å². The molecular weight excluding hydrogens is 478 g/mol. The smallest absolute Gasteiger partial charge is 0.416 e. The lowest BCUT2D eigenvalue weighted by Crippen LogP contribution is -2.12. The fourth-order valence-electron chi connectivity index (χ4n) is 2.92. The molecule has 0 aliphatic rings. The number of phenols is 1. The Labute approximate surface area is 198 Å². The van der Waals surface area contributed by atoms with E-state index in [2.05, 4.69) is 9.78 Å². The average molecular weight is 502 g/mol. The van der Waals surface area contributed by atoms with Gasteiger partial charge in [-0.05, 0) is 55.5 Å². The molecule has 2 rings (SSSR count). The van der Waals surface area contributed by atoms with Crippen LogP contribution in [0.3, 0.4) is 0 Å². The van der Waals surface area contributed by atoms with Crippen LogP contribution in [0.2, 0.25) is 0 Å². The zero-order valence-electron chi connectivity index (χ0n) is 19.0. The third-order valence-electron chi connectivity index (χ3n) is 4.74. The molecule has 2 aromatic carbocycles. The van der Waals surface area contributed by atoms with Crippen LogP contribution in [-0.4, -0.2) is 23.9 Å². The average Bonchev–Trinajstić information content (AvgIpc) is 2.75. The van der Waals surface area contributed by atoms with Gasteiger partial charge in [-0.1, -0.05) is 48.1 Å². The lowest BCUT2D eigenvalue weighted by atomic mass is 9.98. The molecule has 35 heavy (non-hydrogen) atoms. The van der Waals surface area contributed by atoms with Gasteiger partial charge in [0, 0.05) is 6.42 Å². The Morgan fingerprint density at radius 2 is 1.63 bits per heavy atom. The normalized spacial score (nSPS) is 12.1. The summed E-state index contributed by atoms with van der Waals surface area (Å²) in [6.07, 6.45) is -5.45. The summed E-state index contributed by atoms with van der Waals surface area (Å²) in [5.74, 6) is -1.53. The van der Waals surface area contributed by atoms with E-state index in [-0.39, 0.29) is 11.1 Å². The van der Waals surface area contributed by atoms with Gasteiger partial charge in [-0.3, -0.25) is 4.89 Å². The molecule has 0 aromatic heterocycles. The van der Waals surface area contributed by atoms with E-state index in [4.69, 9.17) is 0 Å². The minimum atomic E-state index is -4.48. The molecule has 10 heteroatoms. The molecular formula is C25H24F6O4. The number of rotatable bonds is 9. The van der Waals surface area contributed by atoms with Crippen LogP contribution in [0.5, 0.6) is 5.75 Å². The zero-order chi connectivity index (χ0) is 26.2. The van der Waals surface area contributed by atoms with Crippen LogP contribution in [0.15, 0.2) is 48.0 Å². The van der Waals surface area contributed by atoms with Gasteiger partial charge >= 0.3 is 18.3 Å². The molecule has 4 nitrogen and oxygen atoms in total. The first-order valence-corrected chi connectivity index (χ1v) is 10.5. The number of aromatic hydroxyl groups is 1. The highest BCUT2D eigenvalue weighted by molar-refractivity contribution is 5.97. The van der Waals surface area contributed by atoms with Gasteiger partial charge in [-0.15, -0.1) is 0 Å². The molecule has 0 fully saturated rings. The maximum Gasteiger partial charge on any atom is 0.416 e. The monoisotopic (exact) mass is 502 g/mol. The highest BCUT2D eigenvalue weighted by atomic mass is 19.4. The largest absolute Gasteiger partial charge is 0.507 e. The molecule has 0 radical (unpaired) electrons. The zero-order valence-corrected chi connectivity index (χ0v) is 19.0. The molecule has 0 atom stereocenters. The second-order valence-corrected chi connectivity index (χ2v) is 7.89. The highest BCUT2D eigenvalue weighted by Gasteiger charge is 2.30. The van der Waals surface area contributed by atoms with Crippen molar-refractivity contribution in [1.29, 1.82) is 0 Å². The van der Waals surface area contributed by atoms with Gasteiger partial charge in [0.2, 0.25) is 0 Å². The molecule has 0 aliphatic heterocycles. The third kappa shape index (κ3) is 9.12. The summed E-state index contributed by atoms with van der Waals surface area (Å²) in [5.41, 5.74) is 0.822. The quantitative estimate of drug-likeness (QED) is 0.0962. The van der Waals surface area contributed by atoms with Crippen molar-refractivity contribution in [3.05, 3.63) is 75.9 Å². The summed E-state index contributed by atoms with van der Waals surface area (Å²) in [6, 6.07) is 7.37. The number of carbonyl (C=O) groups excluding carboxylic acids is 1. The van der Waals surface area contributed by atoms with Crippen LogP contribution >= 0.6 is 0 Å². The van der Waals surface area contributed by atoms with Gasteiger partial charge in [0.1, 0.15) is 11.3 Å². The van der Waals surface area contributed by atoms with Crippen molar-refractivity contribution in [2.24, 2.45) is 0 Å². The van der Waals surface area contributed by atoms with E-state index in [1.165, 1.54) is 30.4 Å². The summed E-state index contributed by atoms with van der Waals surface area (Å²) < 4.78 is 74.9. The maximum atomic E-state index is 12.7. The Bertz CT molecular complexity index is 1060. The summed E-state index contributed by atoms with van der Waals surface area (Å²) in [7, 11) is 0. The Balaban J connectivity index is 2.27. The van der Waals surface area contributed by atoms with Crippen LogP contribution in [0.4, 0.5) is 26.3 Å². The number of phenolic OH excluding ortho intramolecular Hbond substituents is 1. The van der Waals surface area contributed by atoms with Crippen LogP contribution in [-0.2, 0) is 22.4 Å². The van der Waals surface area contributed by atoms with Crippen molar-refractivity contribution in [3.63, 3.8) is 0 Å². The summed E-state index contributed by atoms with van der Waals surface area (Å²) in [5, 5.41) is 10.7. The van der Waals surface area contributed by atoms with Gasteiger partial charge < -0.3 is 5.11 Å². The molecule has 2 aromatic rings. The fourth-order valence-corrected chi connectivity index (χ4v) is 2.92. The van der Waals surface area contributed by atoms with Crippen molar-refractivity contribution in [2.75, 3.05) is 6.61 Å². The SMILES string of the molecule is CC(C)=CCc1ccc(C=Cc2ccc(C(F)(F)F)cc2)c(C(=O)OOCCCC(F)(F)F)c1O. The van der Waals surface area contributed by atoms with Gasteiger partial charge in [-0.2, -0.15) is 31.2 Å². The molecule has 0 saturated carbocycles. The van der Waals surface area contributed by atoms with E-state index in [1.807, 2.05) is 19.9 Å². The van der Waals surface area contributed by atoms with Crippen molar-refractivity contribution in [2.45, 2.75) is 45.5 Å². The molecule has 1 N–H and O–H groups in total. The Morgan fingerprint density at radius 3 is 2.20 bits per heavy atom. The Morgan fingerprint density at radius 1 is 0.971 bits per heavy atom. The first-order chi connectivity index (χ1) is 16.3. The van der Waals surface area contributed by atoms with E-state index in [0.29, 0.717) is 17.5 Å². The first kappa shape index (κ1) is 28.0. The van der Waals surface area contributed by atoms with Crippen LogP contribution in [0.25, 0.3) is 12.2 Å². The summed E-state index contributed by atoms with van der Waals surface area (Å²) in [6.45, 7) is 3.20. The summed E-state index contributed by atoms with van der Waals surface area (Å²) >= 11 is 0. The standard InChI is InChI=1S/C25H24F6O4/c1-16(2)4-8-19-11-10-18(9-5-17-6-12-20(13-7-17)25(29,30)31)21(22(19)32)23(33)35-34-15-3-14-24(26,27)28/h4-7,9-13,32H,3,8,14-15H2,1-2H3. The minimum absolute atomic E-state index is 0.173. The predicted octanol–water partition coefficient (Wildman–Crippen LogP) is 7.52. The van der Waals surface area contributed by atoms with Gasteiger partial charge in [0.15, 0.2) is 0 Å². The van der Waals surface area contributed by atoms with Crippen molar-refractivity contribution >= 4 is 18.1 Å². The third-order valence-corrected chi connectivity index (χ3v) is 4.74. The molecule has 0 heterocycles. The van der Waals surface area contributed by atoms with E-state index < -0.39 is 49.1 Å². The number of hydrogen-bond acceptors (Lipinski definition) is 4. The van der Waals surface area contributed by atoms with Gasteiger partial charge in [0.05, 0.1) is 12.2 Å². The van der Waals surface area contributed by atoms with E-state index >= 15 is 0 Å². The Hall–Kier alpha value is -3.27. The van der Waals surface area contributed by atoms with Gasteiger partial charge in [0.25, 0.3) is 0 Å². The van der Waals surface area contributed by atoms with Crippen LogP contribution < -0.4 is 0 Å². The fraction of sp³-hybridized carbons (Fsp3) is 0.320. The maximum absolute atomic E-state index is 12.7. The predicted molar refractivity (Wildman–Crippen MR) is 118 cm³/mol. The highest BCUT2D eigenvalue weighted by Crippen LogP contribution is 2.31. The lowest BCUT2D eigenvalue weighted by Gasteiger charge is -2.12. The topological polar surface area (TPSA) is 55.8 Å². The first-order valence-electron chi connectivity index (χ1n) is 10.5. The number of halogens is 6. The van der Waals surface area contributed by atoms with Crippen LogP contribution in [0, 0.1) is 0 Å². The van der Waals surface area contributed by atoms with E-state index in [0.717, 1.165) is 17.7 Å². The number of allylic oxidation sites excluding steroid dienone is 2. The van der Waals surface area contributed by atoms with Crippen LogP contribution in [0.1, 0.15) is 59.3 Å². The second-order valence-electron chi connectivity index (χ2n) is 7.89. The molecule has 0 aliphatic carbocycles. The van der Waals surface area contributed by atoms with Gasteiger partial charge in [-0.25, -0.2) is 4.79 Å². The molecule has 0 amide bonds. The minimum Gasteiger partial charge on any atom is -0.507 e. The van der Waals surface area contributed by atoms with Crippen molar-refractivity contribution in [1.82, 2.24) is 0 Å². The van der Waals surface area contributed by atoms with E-state index in [9.17, 15) is 36.2 Å². The molecule has 0 unspecified atom stereocenters. The lowest BCUT2D eigenvalue weighted by molar-refractivity contribution is -0.245. The van der Waals surface area contributed by atoms with Crippen molar-refractivity contribution < 1.29 is 46.0 Å². The summed E-state index contributed by atoms with van der Waals surface area (Å²) in [4.78, 5) is 21.8. The second kappa shape index (κ2) is 11.9. The molecule has 190 valence electrons. The number of benzene rings is 2. The number of alkyl halides is 6. The molecule has 0 saturated heterocycles. The van der Waals surface area contributed by atoms with E-state index in [1.54, 1.807) is 6.07 Å². The number of carbonyl (C=O) groups is 1.